The Morgan fingerprint density at radius 2 is 1.90 bits per heavy atom. The van der Waals surface area contributed by atoms with Crippen molar-refractivity contribution in [2.75, 3.05) is 13.1 Å². The van der Waals surface area contributed by atoms with Crippen LogP contribution in [0, 0.1) is 0 Å². The molecular weight excluding hydrogens is 250 g/mol. The fourth-order valence-electron chi connectivity index (χ4n) is 3.45. The monoisotopic (exact) mass is 273 g/mol. The van der Waals surface area contributed by atoms with Crippen LogP contribution < -0.4 is 5.32 Å². The summed E-state index contributed by atoms with van der Waals surface area (Å²) >= 11 is 0. The van der Waals surface area contributed by atoms with Gasteiger partial charge in [0, 0.05) is 43.1 Å². The van der Waals surface area contributed by atoms with Gasteiger partial charge in [-0.3, -0.25) is 14.7 Å². The SMILES string of the molecule is O=C(NC1CCN(C2CCCCC2)C1)c1ccncc1. The number of nitrogens with one attached hydrogen (secondary N) is 1. The summed E-state index contributed by atoms with van der Waals surface area (Å²) in [5.41, 5.74) is 0.705. The zero-order valence-corrected chi connectivity index (χ0v) is 11.9. The molecule has 1 aromatic heterocycles. The van der Waals surface area contributed by atoms with Gasteiger partial charge >= 0.3 is 0 Å². The second kappa shape index (κ2) is 6.35. The van der Waals surface area contributed by atoms with Crippen LogP contribution in [0.4, 0.5) is 0 Å². The van der Waals surface area contributed by atoms with Crippen molar-refractivity contribution in [2.24, 2.45) is 0 Å². The van der Waals surface area contributed by atoms with Gasteiger partial charge in [0.1, 0.15) is 0 Å². The van der Waals surface area contributed by atoms with Crippen molar-refractivity contribution >= 4 is 5.91 Å². The molecule has 0 bridgehead atoms. The maximum Gasteiger partial charge on any atom is 0.251 e. The molecule has 1 saturated carbocycles. The molecule has 1 aliphatic heterocycles. The topological polar surface area (TPSA) is 45.2 Å². The maximum absolute atomic E-state index is 12.1. The molecule has 2 aliphatic rings. The highest BCUT2D eigenvalue weighted by molar-refractivity contribution is 5.94. The van der Waals surface area contributed by atoms with Crippen LogP contribution in [0.3, 0.4) is 0 Å². The fourth-order valence-corrected chi connectivity index (χ4v) is 3.45. The lowest BCUT2D eigenvalue weighted by molar-refractivity contribution is 0.0934. The Labute approximate surface area is 120 Å². The number of nitrogens with zero attached hydrogens (tertiary/aromatic N) is 2. The highest BCUT2D eigenvalue weighted by atomic mass is 16.1. The van der Waals surface area contributed by atoms with Gasteiger partial charge in [-0.05, 0) is 31.4 Å². The van der Waals surface area contributed by atoms with E-state index in [1.807, 2.05) is 0 Å². The van der Waals surface area contributed by atoms with Crippen molar-refractivity contribution in [3.05, 3.63) is 30.1 Å². The van der Waals surface area contributed by atoms with E-state index in [-0.39, 0.29) is 5.91 Å². The van der Waals surface area contributed by atoms with Gasteiger partial charge in [-0.25, -0.2) is 0 Å². The van der Waals surface area contributed by atoms with Gasteiger partial charge in [0.2, 0.25) is 0 Å². The van der Waals surface area contributed by atoms with E-state index in [1.165, 1.54) is 32.1 Å². The lowest BCUT2D eigenvalue weighted by Crippen LogP contribution is -2.40. The first kappa shape index (κ1) is 13.6. The second-order valence-corrected chi connectivity index (χ2v) is 5.98. The number of hydrogen-bond donors (Lipinski definition) is 1. The molecule has 4 heteroatoms. The molecule has 1 aromatic rings. The van der Waals surface area contributed by atoms with Crippen LogP contribution in [-0.2, 0) is 0 Å². The summed E-state index contributed by atoms with van der Waals surface area (Å²) < 4.78 is 0. The Morgan fingerprint density at radius 3 is 2.65 bits per heavy atom. The molecule has 2 fully saturated rings. The van der Waals surface area contributed by atoms with E-state index in [0.29, 0.717) is 11.6 Å². The van der Waals surface area contributed by atoms with Crippen LogP contribution in [0.1, 0.15) is 48.9 Å². The number of likely N-dealkylation sites (tertiary alicyclic amines) is 1. The predicted molar refractivity (Wildman–Crippen MR) is 78.6 cm³/mol. The fraction of sp³-hybridized carbons (Fsp3) is 0.625. The molecule has 1 N–H and O–H groups in total. The van der Waals surface area contributed by atoms with Crippen molar-refractivity contribution in [1.29, 1.82) is 0 Å². The smallest absolute Gasteiger partial charge is 0.251 e. The largest absolute Gasteiger partial charge is 0.348 e. The zero-order chi connectivity index (χ0) is 13.8. The normalized spacial score (nSPS) is 24.7. The summed E-state index contributed by atoms with van der Waals surface area (Å²) in [6.45, 7) is 2.15. The van der Waals surface area contributed by atoms with Gasteiger partial charge in [-0.2, -0.15) is 0 Å². The molecule has 0 radical (unpaired) electrons. The number of aromatic nitrogens is 1. The van der Waals surface area contributed by atoms with E-state index in [4.69, 9.17) is 0 Å². The molecule has 1 aliphatic carbocycles. The highest BCUT2D eigenvalue weighted by Crippen LogP contribution is 2.25. The summed E-state index contributed by atoms with van der Waals surface area (Å²) in [6.07, 6.45) is 11.2. The molecule has 0 spiro atoms. The third kappa shape index (κ3) is 3.18. The summed E-state index contributed by atoms with van der Waals surface area (Å²) in [7, 11) is 0. The Balaban J connectivity index is 1.51. The first-order valence-corrected chi connectivity index (χ1v) is 7.78. The first-order valence-electron chi connectivity index (χ1n) is 7.78. The average molecular weight is 273 g/mol. The van der Waals surface area contributed by atoms with Crippen molar-refractivity contribution < 1.29 is 4.79 Å². The summed E-state index contributed by atoms with van der Waals surface area (Å²) in [4.78, 5) is 18.7. The second-order valence-electron chi connectivity index (χ2n) is 5.98. The third-order valence-corrected chi connectivity index (χ3v) is 4.59. The van der Waals surface area contributed by atoms with Gasteiger partial charge in [-0.15, -0.1) is 0 Å². The number of hydrogen-bond acceptors (Lipinski definition) is 3. The molecule has 1 atom stereocenters. The standard InChI is InChI=1S/C16H23N3O/c20-16(13-6-9-17-10-7-13)18-14-8-11-19(12-14)15-4-2-1-3-5-15/h6-7,9-10,14-15H,1-5,8,11-12H2,(H,18,20). The molecule has 1 amide bonds. The molecular formula is C16H23N3O. The summed E-state index contributed by atoms with van der Waals surface area (Å²) in [5.74, 6) is 0.0305. The molecule has 1 saturated heterocycles. The summed E-state index contributed by atoms with van der Waals surface area (Å²) in [6, 6.07) is 4.59. The predicted octanol–water partition coefficient (Wildman–Crippen LogP) is 2.22. The summed E-state index contributed by atoms with van der Waals surface area (Å²) in [5, 5.41) is 3.16. The van der Waals surface area contributed by atoms with E-state index in [9.17, 15) is 4.79 Å². The molecule has 2 heterocycles. The molecule has 0 aromatic carbocycles. The molecule has 4 nitrogen and oxygen atoms in total. The van der Waals surface area contributed by atoms with Crippen molar-refractivity contribution in [1.82, 2.24) is 15.2 Å². The molecule has 20 heavy (non-hydrogen) atoms. The minimum absolute atomic E-state index is 0.0305. The Morgan fingerprint density at radius 1 is 1.15 bits per heavy atom. The van der Waals surface area contributed by atoms with E-state index in [1.54, 1.807) is 24.5 Å². The minimum atomic E-state index is 0.0305. The van der Waals surface area contributed by atoms with Crippen LogP contribution >= 0.6 is 0 Å². The van der Waals surface area contributed by atoms with E-state index in [0.717, 1.165) is 25.6 Å². The van der Waals surface area contributed by atoms with Crippen molar-refractivity contribution in [3.8, 4) is 0 Å². The van der Waals surface area contributed by atoms with Gasteiger partial charge in [0.15, 0.2) is 0 Å². The number of pyridine rings is 1. The van der Waals surface area contributed by atoms with Crippen LogP contribution in [0.25, 0.3) is 0 Å². The van der Waals surface area contributed by atoms with E-state index < -0.39 is 0 Å². The van der Waals surface area contributed by atoms with E-state index >= 15 is 0 Å². The maximum atomic E-state index is 12.1. The Bertz CT molecular complexity index is 442. The van der Waals surface area contributed by atoms with Crippen LogP contribution in [-0.4, -0.2) is 41.0 Å². The van der Waals surface area contributed by atoms with Crippen LogP contribution in [0.15, 0.2) is 24.5 Å². The average Bonchev–Trinajstić information content (AvgIpc) is 2.97. The van der Waals surface area contributed by atoms with Crippen molar-refractivity contribution in [3.63, 3.8) is 0 Å². The number of carbonyl (C=O) groups excluding carboxylic acids is 1. The Hall–Kier alpha value is -1.42. The number of rotatable bonds is 3. The Kier molecular flexibility index (Phi) is 4.31. The van der Waals surface area contributed by atoms with Gasteiger partial charge < -0.3 is 5.32 Å². The van der Waals surface area contributed by atoms with Crippen molar-refractivity contribution in [2.45, 2.75) is 50.6 Å². The quantitative estimate of drug-likeness (QED) is 0.918. The van der Waals surface area contributed by atoms with Gasteiger partial charge in [0.25, 0.3) is 5.91 Å². The van der Waals surface area contributed by atoms with E-state index in [2.05, 4.69) is 15.2 Å². The lowest BCUT2D eigenvalue weighted by Gasteiger charge is -2.31. The zero-order valence-electron chi connectivity index (χ0n) is 11.9. The first-order chi connectivity index (χ1) is 9.83. The molecule has 1 unspecified atom stereocenters. The highest BCUT2D eigenvalue weighted by Gasteiger charge is 2.29. The van der Waals surface area contributed by atoms with Crippen LogP contribution in [0.5, 0.6) is 0 Å². The number of carbonyl (C=O) groups is 1. The van der Waals surface area contributed by atoms with Gasteiger partial charge in [-0.1, -0.05) is 19.3 Å². The molecule has 108 valence electrons. The van der Waals surface area contributed by atoms with Gasteiger partial charge in [0.05, 0.1) is 0 Å². The molecule has 3 rings (SSSR count). The number of amides is 1. The third-order valence-electron chi connectivity index (χ3n) is 4.59. The minimum Gasteiger partial charge on any atom is -0.348 e. The lowest BCUT2D eigenvalue weighted by atomic mass is 9.94. The van der Waals surface area contributed by atoms with Crippen LogP contribution in [0.2, 0.25) is 0 Å².